The molecule has 0 aliphatic carbocycles. The predicted molar refractivity (Wildman–Crippen MR) is 89.3 cm³/mol. The zero-order valence-corrected chi connectivity index (χ0v) is 14.5. The first-order valence-electron chi connectivity index (χ1n) is 7.56. The van der Waals surface area contributed by atoms with E-state index in [1.54, 1.807) is 31.2 Å². The third-order valence-corrected chi connectivity index (χ3v) is 3.38. The van der Waals surface area contributed by atoms with E-state index in [4.69, 9.17) is 16.3 Å². The third-order valence-electron chi connectivity index (χ3n) is 3.15. The van der Waals surface area contributed by atoms with Crippen molar-refractivity contribution in [3.05, 3.63) is 53.3 Å². The lowest BCUT2D eigenvalue weighted by atomic mass is 10.2. The Morgan fingerprint density at radius 3 is 2.62 bits per heavy atom. The van der Waals surface area contributed by atoms with Crippen molar-refractivity contribution >= 4 is 17.5 Å². The van der Waals surface area contributed by atoms with Crippen molar-refractivity contribution in [2.24, 2.45) is 0 Å². The summed E-state index contributed by atoms with van der Waals surface area (Å²) >= 11 is 5.82. The van der Waals surface area contributed by atoms with Gasteiger partial charge in [-0.2, -0.15) is 13.2 Å². The molecule has 0 aliphatic rings. The van der Waals surface area contributed by atoms with Crippen LogP contribution in [0.15, 0.2) is 42.6 Å². The minimum atomic E-state index is -4.41. The number of amides is 1. The Morgan fingerprint density at radius 2 is 2.00 bits per heavy atom. The van der Waals surface area contributed by atoms with Crippen LogP contribution in [0.5, 0.6) is 11.5 Å². The van der Waals surface area contributed by atoms with E-state index in [0.29, 0.717) is 16.5 Å². The standard InChI is InChI=1S/C17H16ClF3N2O3/c1-11(15-6-5-14(8-22-15)26-10-17(19,20)21)23-16(24)9-25-13-4-2-3-12(18)7-13/h2-8,11H,9-10H2,1H3,(H,23,24). The van der Waals surface area contributed by atoms with E-state index >= 15 is 0 Å². The summed E-state index contributed by atoms with van der Waals surface area (Å²) in [7, 11) is 0. The Kier molecular flexibility index (Phi) is 6.68. The molecule has 0 fully saturated rings. The van der Waals surface area contributed by atoms with Gasteiger partial charge >= 0.3 is 6.18 Å². The molecule has 1 unspecified atom stereocenters. The molecule has 0 saturated carbocycles. The molecule has 0 spiro atoms. The summed E-state index contributed by atoms with van der Waals surface area (Å²) in [5.74, 6) is 0.0789. The van der Waals surface area contributed by atoms with Gasteiger partial charge in [-0.05, 0) is 37.3 Å². The SMILES string of the molecule is CC(NC(=O)COc1cccc(Cl)c1)c1ccc(OCC(F)(F)F)cn1. The Morgan fingerprint density at radius 1 is 1.23 bits per heavy atom. The Bertz CT molecular complexity index is 739. The molecule has 26 heavy (non-hydrogen) atoms. The number of hydrogen-bond donors (Lipinski definition) is 1. The van der Waals surface area contributed by atoms with Crippen LogP contribution in [0.1, 0.15) is 18.7 Å². The van der Waals surface area contributed by atoms with Crippen molar-refractivity contribution in [2.75, 3.05) is 13.2 Å². The zero-order chi connectivity index (χ0) is 19.2. The first kappa shape index (κ1) is 19.8. The van der Waals surface area contributed by atoms with Gasteiger partial charge in [0.1, 0.15) is 11.5 Å². The summed E-state index contributed by atoms with van der Waals surface area (Å²) in [6.07, 6.45) is -3.24. The number of carbonyl (C=O) groups excluding carboxylic acids is 1. The maximum Gasteiger partial charge on any atom is 0.422 e. The summed E-state index contributed by atoms with van der Waals surface area (Å²) in [4.78, 5) is 15.9. The predicted octanol–water partition coefficient (Wildman–Crippen LogP) is 3.93. The Hall–Kier alpha value is -2.48. The van der Waals surface area contributed by atoms with E-state index < -0.39 is 18.8 Å². The summed E-state index contributed by atoms with van der Waals surface area (Å²) < 4.78 is 46.2. The average molecular weight is 389 g/mol. The van der Waals surface area contributed by atoms with Gasteiger partial charge in [0.2, 0.25) is 0 Å². The molecule has 0 radical (unpaired) electrons. The van der Waals surface area contributed by atoms with E-state index in [1.807, 2.05) is 0 Å². The number of nitrogens with zero attached hydrogens (tertiary/aromatic N) is 1. The van der Waals surface area contributed by atoms with Crippen LogP contribution in [0.4, 0.5) is 13.2 Å². The molecule has 1 aromatic carbocycles. The second-order valence-corrected chi connectivity index (χ2v) is 5.79. The number of hydrogen-bond acceptors (Lipinski definition) is 4. The van der Waals surface area contributed by atoms with E-state index in [1.165, 1.54) is 18.3 Å². The Balaban J connectivity index is 1.82. The number of pyridine rings is 1. The fourth-order valence-electron chi connectivity index (χ4n) is 1.96. The number of rotatable bonds is 7. The van der Waals surface area contributed by atoms with Crippen molar-refractivity contribution in [1.82, 2.24) is 10.3 Å². The van der Waals surface area contributed by atoms with Crippen molar-refractivity contribution in [2.45, 2.75) is 19.1 Å². The number of carbonyl (C=O) groups is 1. The lowest BCUT2D eigenvalue weighted by Crippen LogP contribution is -2.31. The number of nitrogens with one attached hydrogen (secondary N) is 1. The van der Waals surface area contributed by atoms with Gasteiger partial charge in [-0.3, -0.25) is 9.78 Å². The summed E-state index contributed by atoms with van der Waals surface area (Å²) in [6, 6.07) is 9.02. The van der Waals surface area contributed by atoms with E-state index in [-0.39, 0.29) is 18.3 Å². The van der Waals surface area contributed by atoms with Gasteiger partial charge in [-0.15, -0.1) is 0 Å². The molecule has 2 rings (SSSR count). The fraction of sp³-hybridized carbons (Fsp3) is 0.294. The lowest BCUT2D eigenvalue weighted by Gasteiger charge is -2.15. The van der Waals surface area contributed by atoms with Gasteiger partial charge in [-0.25, -0.2) is 0 Å². The molecule has 0 bridgehead atoms. The van der Waals surface area contributed by atoms with Crippen molar-refractivity contribution in [3.8, 4) is 11.5 Å². The molecule has 1 N–H and O–H groups in total. The number of benzene rings is 1. The third kappa shape index (κ3) is 6.79. The highest BCUT2D eigenvalue weighted by Crippen LogP contribution is 2.20. The highest BCUT2D eigenvalue weighted by molar-refractivity contribution is 6.30. The van der Waals surface area contributed by atoms with E-state index in [9.17, 15) is 18.0 Å². The quantitative estimate of drug-likeness (QED) is 0.780. The normalized spacial score (nSPS) is 12.3. The van der Waals surface area contributed by atoms with Crippen LogP contribution >= 0.6 is 11.6 Å². The number of alkyl halides is 3. The minimum absolute atomic E-state index is 0.00566. The number of aromatic nitrogens is 1. The molecule has 5 nitrogen and oxygen atoms in total. The molecule has 1 aromatic heterocycles. The fourth-order valence-corrected chi connectivity index (χ4v) is 2.14. The molecule has 0 saturated heterocycles. The van der Waals surface area contributed by atoms with Crippen molar-refractivity contribution in [3.63, 3.8) is 0 Å². The van der Waals surface area contributed by atoms with Crippen LogP contribution in [0, 0.1) is 0 Å². The molecule has 1 atom stereocenters. The van der Waals surface area contributed by atoms with Gasteiger partial charge in [0.05, 0.1) is 17.9 Å². The molecule has 2 aromatic rings. The molecule has 1 heterocycles. The van der Waals surface area contributed by atoms with Crippen LogP contribution < -0.4 is 14.8 Å². The van der Waals surface area contributed by atoms with E-state index in [2.05, 4.69) is 15.0 Å². The highest BCUT2D eigenvalue weighted by Gasteiger charge is 2.28. The lowest BCUT2D eigenvalue weighted by molar-refractivity contribution is -0.153. The average Bonchev–Trinajstić information content (AvgIpc) is 2.58. The van der Waals surface area contributed by atoms with Crippen LogP contribution in [0.25, 0.3) is 0 Å². The first-order valence-corrected chi connectivity index (χ1v) is 7.94. The van der Waals surface area contributed by atoms with Crippen LogP contribution in [-0.4, -0.2) is 30.3 Å². The van der Waals surface area contributed by atoms with Gasteiger partial charge < -0.3 is 14.8 Å². The molecular formula is C17H16ClF3N2O3. The van der Waals surface area contributed by atoms with Gasteiger partial charge in [0, 0.05) is 5.02 Å². The van der Waals surface area contributed by atoms with Crippen molar-refractivity contribution < 1.29 is 27.4 Å². The van der Waals surface area contributed by atoms with E-state index in [0.717, 1.165) is 0 Å². The van der Waals surface area contributed by atoms with Gasteiger partial charge in [0.25, 0.3) is 5.91 Å². The van der Waals surface area contributed by atoms with Gasteiger partial charge in [-0.1, -0.05) is 17.7 Å². The Labute approximate surface area is 153 Å². The highest BCUT2D eigenvalue weighted by atomic mass is 35.5. The number of ether oxygens (including phenoxy) is 2. The zero-order valence-electron chi connectivity index (χ0n) is 13.7. The van der Waals surface area contributed by atoms with Crippen molar-refractivity contribution in [1.29, 1.82) is 0 Å². The molecule has 140 valence electrons. The summed E-state index contributed by atoms with van der Waals surface area (Å²) in [6.45, 7) is 0.0917. The minimum Gasteiger partial charge on any atom is -0.484 e. The number of halogens is 4. The summed E-state index contributed by atoms with van der Waals surface area (Å²) in [5.41, 5.74) is 0.473. The second kappa shape index (κ2) is 8.75. The molecule has 0 aliphatic heterocycles. The second-order valence-electron chi connectivity index (χ2n) is 5.36. The van der Waals surface area contributed by atoms with Crippen LogP contribution in [0.3, 0.4) is 0 Å². The monoisotopic (exact) mass is 388 g/mol. The largest absolute Gasteiger partial charge is 0.484 e. The maximum atomic E-state index is 12.1. The van der Waals surface area contributed by atoms with Crippen LogP contribution in [-0.2, 0) is 4.79 Å². The molecule has 1 amide bonds. The maximum absolute atomic E-state index is 12.1. The van der Waals surface area contributed by atoms with Crippen LogP contribution in [0.2, 0.25) is 5.02 Å². The summed E-state index contributed by atoms with van der Waals surface area (Å²) in [5, 5.41) is 3.17. The molecular weight excluding hydrogens is 373 g/mol. The smallest absolute Gasteiger partial charge is 0.422 e. The van der Waals surface area contributed by atoms with Gasteiger partial charge in [0.15, 0.2) is 13.2 Å². The molecule has 9 heteroatoms. The topological polar surface area (TPSA) is 60.5 Å². The first-order chi connectivity index (χ1) is 12.2.